The molecule has 0 bridgehead atoms. The maximum atomic E-state index is 12.5. The fraction of sp³-hybridized carbons (Fsp3) is 0.450. The van der Waals surface area contributed by atoms with Crippen LogP contribution in [0.3, 0.4) is 0 Å². The number of nitrogens with zero attached hydrogens (tertiary/aromatic N) is 2. The smallest absolute Gasteiger partial charge is 0.257 e. The number of hydrogen-bond acceptors (Lipinski definition) is 6. The van der Waals surface area contributed by atoms with Crippen molar-refractivity contribution in [2.45, 2.75) is 26.2 Å². The normalized spacial score (nSPS) is 14.6. The first-order valence-corrected chi connectivity index (χ1v) is 10.1. The summed E-state index contributed by atoms with van der Waals surface area (Å²) in [7, 11) is 3.06. The SMILES string of the molecule is COc1cc(OC)cc(C(=O)Nc2nc(CC(=O)N3CCC(C)CC3)cs2)c1. The van der Waals surface area contributed by atoms with Gasteiger partial charge in [-0.2, -0.15) is 0 Å². The minimum absolute atomic E-state index is 0.0904. The van der Waals surface area contributed by atoms with Gasteiger partial charge in [-0.25, -0.2) is 4.98 Å². The summed E-state index contributed by atoms with van der Waals surface area (Å²) in [5.41, 5.74) is 1.08. The van der Waals surface area contributed by atoms with Crippen molar-refractivity contribution in [1.82, 2.24) is 9.88 Å². The molecule has 2 amide bonds. The molecule has 2 aromatic rings. The molecule has 2 heterocycles. The zero-order valence-corrected chi connectivity index (χ0v) is 17.2. The van der Waals surface area contributed by atoms with Crippen molar-refractivity contribution in [1.29, 1.82) is 0 Å². The first-order valence-electron chi connectivity index (χ1n) is 9.25. The van der Waals surface area contributed by atoms with Gasteiger partial charge in [0.05, 0.1) is 26.3 Å². The predicted molar refractivity (Wildman–Crippen MR) is 108 cm³/mol. The highest BCUT2D eigenvalue weighted by atomic mass is 32.1. The first kappa shape index (κ1) is 20.1. The van der Waals surface area contributed by atoms with Gasteiger partial charge in [-0.3, -0.25) is 14.9 Å². The quantitative estimate of drug-likeness (QED) is 0.801. The molecule has 0 aliphatic carbocycles. The summed E-state index contributed by atoms with van der Waals surface area (Å²) in [4.78, 5) is 31.3. The second kappa shape index (κ2) is 9.05. The third-order valence-corrected chi connectivity index (χ3v) is 5.66. The number of benzene rings is 1. The van der Waals surface area contributed by atoms with Crippen LogP contribution in [0.5, 0.6) is 11.5 Å². The molecule has 1 saturated heterocycles. The van der Waals surface area contributed by atoms with Gasteiger partial charge in [-0.05, 0) is 30.9 Å². The molecule has 1 aliphatic heterocycles. The lowest BCUT2D eigenvalue weighted by molar-refractivity contribution is -0.131. The van der Waals surface area contributed by atoms with Crippen molar-refractivity contribution >= 4 is 28.3 Å². The lowest BCUT2D eigenvalue weighted by atomic mass is 9.99. The maximum Gasteiger partial charge on any atom is 0.257 e. The average Bonchev–Trinajstić information content (AvgIpc) is 3.14. The third-order valence-electron chi connectivity index (χ3n) is 4.85. The van der Waals surface area contributed by atoms with E-state index in [2.05, 4.69) is 17.2 Å². The van der Waals surface area contributed by atoms with Crippen LogP contribution < -0.4 is 14.8 Å². The highest BCUT2D eigenvalue weighted by molar-refractivity contribution is 7.14. The van der Waals surface area contributed by atoms with E-state index in [-0.39, 0.29) is 18.2 Å². The van der Waals surface area contributed by atoms with Crippen molar-refractivity contribution in [2.24, 2.45) is 5.92 Å². The summed E-state index contributed by atoms with van der Waals surface area (Å²) in [6.07, 6.45) is 2.36. The fourth-order valence-corrected chi connectivity index (χ4v) is 3.78. The molecular formula is C20H25N3O4S. The number of rotatable bonds is 6. The lowest BCUT2D eigenvalue weighted by Crippen LogP contribution is -2.38. The summed E-state index contributed by atoms with van der Waals surface area (Å²) in [5, 5.41) is 5.04. The van der Waals surface area contributed by atoms with Crippen LogP contribution in [0, 0.1) is 5.92 Å². The van der Waals surface area contributed by atoms with Gasteiger partial charge < -0.3 is 14.4 Å². The van der Waals surface area contributed by atoms with Gasteiger partial charge in [0.1, 0.15) is 11.5 Å². The molecular weight excluding hydrogens is 378 g/mol. The van der Waals surface area contributed by atoms with Crippen molar-refractivity contribution in [3.05, 3.63) is 34.8 Å². The number of nitrogens with one attached hydrogen (secondary N) is 1. The maximum absolute atomic E-state index is 12.5. The molecule has 1 aromatic heterocycles. The minimum atomic E-state index is -0.311. The van der Waals surface area contributed by atoms with Gasteiger partial charge in [0.15, 0.2) is 5.13 Å². The van der Waals surface area contributed by atoms with Crippen molar-refractivity contribution in [2.75, 3.05) is 32.6 Å². The molecule has 3 rings (SSSR count). The number of hydrogen-bond donors (Lipinski definition) is 1. The highest BCUT2D eigenvalue weighted by Crippen LogP contribution is 2.24. The molecule has 28 heavy (non-hydrogen) atoms. The van der Waals surface area contributed by atoms with Crippen LogP contribution in [0.15, 0.2) is 23.6 Å². The number of carbonyl (C=O) groups is 2. The second-order valence-electron chi connectivity index (χ2n) is 6.94. The fourth-order valence-electron chi connectivity index (χ4n) is 3.08. The molecule has 0 atom stereocenters. The Balaban J connectivity index is 1.61. The molecule has 0 saturated carbocycles. The Hall–Kier alpha value is -2.61. The molecule has 150 valence electrons. The topological polar surface area (TPSA) is 80.8 Å². The number of aromatic nitrogens is 1. The first-order chi connectivity index (χ1) is 13.5. The largest absolute Gasteiger partial charge is 0.497 e. The van der Waals surface area contributed by atoms with Gasteiger partial charge in [-0.1, -0.05) is 6.92 Å². The molecule has 7 nitrogen and oxygen atoms in total. The number of piperidine rings is 1. The average molecular weight is 404 g/mol. The predicted octanol–water partition coefficient (Wildman–Crippen LogP) is 3.21. The minimum Gasteiger partial charge on any atom is -0.497 e. The number of methoxy groups -OCH3 is 2. The molecule has 1 aromatic carbocycles. The summed E-state index contributed by atoms with van der Waals surface area (Å²) in [6.45, 7) is 3.84. The van der Waals surface area contributed by atoms with E-state index in [4.69, 9.17) is 9.47 Å². The third kappa shape index (κ3) is 5.01. The Morgan fingerprint density at radius 1 is 1.18 bits per heavy atom. The van der Waals surface area contributed by atoms with Crippen LogP contribution >= 0.6 is 11.3 Å². The molecule has 0 unspecified atom stereocenters. The molecule has 1 fully saturated rings. The molecule has 8 heteroatoms. The van der Waals surface area contributed by atoms with E-state index in [1.165, 1.54) is 25.6 Å². The summed E-state index contributed by atoms with van der Waals surface area (Å²) in [5.74, 6) is 1.53. The Bertz CT molecular complexity index is 821. The van der Waals surface area contributed by atoms with Crippen LogP contribution in [-0.4, -0.2) is 49.0 Å². The highest BCUT2D eigenvalue weighted by Gasteiger charge is 2.21. The number of carbonyl (C=O) groups excluding carboxylic acids is 2. The van der Waals surface area contributed by atoms with Crippen LogP contribution in [0.4, 0.5) is 5.13 Å². The second-order valence-corrected chi connectivity index (χ2v) is 7.80. The Kier molecular flexibility index (Phi) is 6.51. The van der Waals surface area contributed by atoms with Gasteiger partial charge in [-0.15, -0.1) is 11.3 Å². The standard InChI is InChI=1S/C20H25N3O4S/c1-13-4-6-23(7-5-13)18(24)10-15-12-28-20(21-15)22-19(25)14-8-16(26-2)11-17(9-14)27-3/h8-9,11-13H,4-7,10H2,1-3H3,(H,21,22,25). The number of ether oxygens (including phenoxy) is 2. The van der Waals surface area contributed by atoms with Crippen LogP contribution in [-0.2, 0) is 11.2 Å². The van der Waals surface area contributed by atoms with Crippen molar-refractivity contribution in [3.8, 4) is 11.5 Å². The van der Waals surface area contributed by atoms with E-state index in [0.717, 1.165) is 25.9 Å². The lowest BCUT2D eigenvalue weighted by Gasteiger charge is -2.30. The monoisotopic (exact) mass is 403 g/mol. The zero-order chi connectivity index (χ0) is 20.1. The summed E-state index contributed by atoms with van der Waals surface area (Å²) >= 11 is 1.31. The van der Waals surface area contributed by atoms with E-state index < -0.39 is 0 Å². The van der Waals surface area contributed by atoms with E-state index in [1.54, 1.807) is 18.2 Å². The molecule has 0 spiro atoms. The van der Waals surface area contributed by atoms with Crippen molar-refractivity contribution in [3.63, 3.8) is 0 Å². The van der Waals surface area contributed by atoms with Crippen LogP contribution in [0.2, 0.25) is 0 Å². The number of thiazole rings is 1. The molecule has 0 radical (unpaired) electrons. The Morgan fingerprint density at radius 2 is 1.82 bits per heavy atom. The van der Waals surface area contributed by atoms with Crippen LogP contribution in [0.25, 0.3) is 0 Å². The molecule has 1 aliphatic rings. The number of likely N-dealkylation sites (tertiary alicyclic amines) is 1. The van der Waals surface area contributed by atoms with Gasteiger partial charge in [0.2, 0.25) is 5.91 Å². The summed E-state index contributed by atoms with van der Waals surface area (Å²) < 4.78 is 10.4. The van der Waals surface area contributed by atoms with Gasteiger partial charge in [0.25, 0.3) is 5.91 Å². The van der Waals surface area contributed by atoms with Gasteiger partial charge >= 0.3 is 0 Å². The zero-order valence-electron chi connectivity index (χ0n) is 16.4. The van der Waals surface area contributed by atoms with Gasteiger partial charge in [0, 0.05) is 30.1 Å². The van der Waals surface area contributed by atoms with Crippen LogP contribution in [0.1, 0.15) is 35.8 Å². The number of anilines is 1. The van der Waals surface area contributed by atoms with E-state index in [0.29, 0.717) is 33.8 Å². The van der Waals surface area contributed by atoms with E-state index >= 15 is 0 Å². The Labute approximate surface area is 168 Å². The number of amides is 2. The van der Waals surface area contributed by atoms with Crippen molar-refractivity contribution < 1.29 is 19.1 Å². The summed E-state index contributed by atoms with van der Waals surface area (Å²) in [6, 6.07) is 4.96. The van der Waals surface area contributed by atoms with E-state index in [9.17, 15) is 9.59 Å². The Morgan fingerprint density at radius 3 is 2.43 bits per heavy atom. The van der Waals surface area contributed by atoms with E-state index in [1.807, 2.05) is 10.3 Å². The molecule has 1 N–H and O–H groups in total.